The van der Waals surface area contributed by atoms with Crippen LogP contribution in [0.25, 0.3) is 21.7 Å². The molecule has 0 N–H and O–H groups in total. The highest BCUT2D eigenvalue weighted by Crippen LogP contribution is 2.27. The number of ether oxygens (including phenoxy) is 2. The molecule has 0 fully saturated rings. The summed E-state index contributed by atoms with van der Waals surface area (Å²) in [5.74, 6) is 1.57. The lowest BCUT2D eigenvalue weighted by Gasteiger charge is -2.09. The van der Waals surface area contributed by atoms with Crippen LogP contribution < -0.4 is 9.47 Å². The molecule has 2 heterocycles. The number of methoxy groups -OCH3 is 2. The summed E-state index contributed by atoms with van der Waals surface area (Å²) in [6.07, 6.45) is 5.91. The van der Waals surface area contributed by atoms with E-state index in [-0.39, 0.29) is 0 Å². The molecule has 0 amide bonds. The van der Waals surface area contributed by atoms with Gasteiger partial charge in [0.05, 0.1) is 20.4 Å². The van der Waals surface area contributed by atoms with Gasteiger partial charge in [0.2, 0.25) is 0 Å². The second-order valence-electron chi connectivity index (χ2n) is 5.46. The lowest BCUT2D eigenvalue weighted by Crippen LogP contribution is -1.98. The van der Waals surface area contributed by atoms with Gasteiger partial charge in [0.15, 0.2) is 5.58 Å². The summed E-state index contributed by atoms with van der Waals surface area (Å²) in [7, 11) is 3.31. The van der Waals surface area contributed by atoms with Crippen molar-refractivity contribution in [3.05, 3.63) is 54.5 Å². The maximum Gasteiger partial charge on any atom is 0.176 e. The molecule has 0 aliphatic carbocycles. The maximum atomic E-state index is 5.36. The van der Waals surface area contributed by atoms with Crippen LogP contribution >= 0.6 is 0 Å². The van der Waals surface area contributed by atoms with E-state index in [4.69, 9.17) is 14.0 Å². The molecule has 0 spiro atoms. The van der Waals surface area contributed by atoms with Crippen LogP contribution in [0.15, 0.2) is 53.4 Å². The highest BCUT2D eigenvalue weighted by atomic mass is 16.5. The summed E-state index contributed by atoms with van der Waals surface area (Å²) in [4.78, 5) is 0. The van der Waals surface area contributed by atoms with Gasteiger partial charge in [-0.05, 0) is 23.8 Å². The lowest BCUT2D eigenvalue weighted by molar-refractivity contribution is 0.393. The Bertz CT molecular complexity index is 962. The molecule has 23 heavy (non-hydrogen) atoms. The summed E-state index contributed by atoms with van der Waals surface area (Å²) >= 11 is 0. The number of nitrogens with zero attached hydrogens (tertiary/aromatic N) is 2. The third-order valence-electron chi connectivity index (χ3n) is 3.97. The summed E-state index contributed by atoms with van der Waals surface area (Å²) in [5.41, 5.74) is 1.93. The van der Waals surface area contributed by atoms with Crippen LogP contribution in [0.2, 0.25) is 0 Å². The molecular weight excluding hydrogens is 292 g/mol. The van der Waals surface area contributed by atoms with Gasteiger partial charge < -0.3 is 18.6 Å². The largest absolute Gasteiger partial charge is 0.497 e. The number of hydrogen-bond acceptors (Lipinski definition) is 4. The van der Waals surface area contributed by atoms with E-state index >= 15 is 0 Å². The standard InChI is InChI=1S/C18H16N2O3/c1-21-15-5-12(6-16(7-15)22-2)9-20-10-14-4-3-13-8-19-23-18(13)17(14)11-20/h3-8,10-11H,9H2,1-2H3. The van der Waals surface area contributed by atoms with Gasteiger partial charge in [-0.15, -0.1) is 0 Å². The summed E-state index contributed by atoms with van der Waals surface area (Å²) in [5, 5.41) is 7.08. The van der Waals surface area contributed by atoms with E-state index in [0.29, 0.717) is 0 Å². The van der Waals surface area contributed by atoms with Gasteiger partial charge in [-0.1, -0.05) is 11.2 Å². The van der Waals surface area contributed by atoms with Crippen molar-refractivity contribution in [1.29, 1.82) is 0 Å². The highest BCUT2D eigenvalue weighted by molar-refractivity contribution is 6.03. The van der Waals surface area contributed by atoms with Gasteiger partial charge in [-0.3, -0.25) is 0 Å². The minimum atomic E-state index is 0.720. The van der Waals surface area contributed by atoms with Gasteiger partial charge in [0.25, 0.3) is 0 Å². The van der Waals surface area contributed by atoms with Crippen molar-refractivity contribution in [3.63, 3.8) is 0 Å². The number of aromatic nitrogens is 2. The van der Waals surface area contributed by atoms with Gasteiger partial charge in [0, 0.05) is 41.2 Å². The fraction of sp³-hybridized carbons (Fsp3) is 0.167. The molecule has 0 saturated carbocycles. The molecule has 0 atom stereocenters. The van der Waals surface area contributed by atoms with Crippen molar-refractivity contribution >= 4 is 21.7 Å². The SMILES string of the molecule is COc1cc(Cn2cc3ccc4cnoc4c3c2)cc(OC)c1. The van der Waals surface area contributed by atoms with Crippen LogP contribution in [0.1, 0.15) is 5.56 Å². The van der Waals surface area contributed by atoms with E-state index in [2.05, 4.69) is 28.2 Å². The third-order valence-corrected chi connectivity index (χ3v) is 3.97. The Kier molecular flexibility index (Phi) is 3.19. The molecule has 0 saturated heterocycles. The zero-order chi connectivity index (χ0) is 15.8. The lowest BCUT2D eigenvalue weighted by atomic mass is 10.2. The fourth-order valence-electron chi connectivity index (χ4n) is 2.86. The Morgan fingerprint density at radius 2 is 1.74 bits per heavy atom. The average molecular weight is 308 g/mol. The molecule has 0 unspecified atom stereocenters. The first kappa shape index (κ1) is 13.7. The van der Waals surface area contributed by atoms with E-state index in [0.717, 1.165) is 45.3 Å². The van der Waals surface area contributed by atoms with E-state index in [1.54, 1.807) is 20.4 Å². The molecule has 0 aliphatic heterocycles. The Hall–Kier alpha value is -2.95. The summed E-state index contributed by atoms with van der Waals surface area (Å²) in [6, 6.07) is 9.99. The van der Waals surface area contributed by atoms with Crippen LogP contribution in [0, 0.1) is 0 Å². The average Bonchev–Trinajstić information content (AvgIpc) is 3.19. The molecule has 5 heteroatoms. The van der Waals surface area contributed by atoms with Crippen molar-refractivity contribution in [1.82, 2.24) is 9.72 Å². The molecule has 0 radical (unpaired) electrons. The molecule has 5 nitrogen and oxygen atoms in total. The van der Waals surface area contributed by atoms with Gasteiger partial charge >= 0.3 is 0 Å². The number of hydrogen-bond donors (Lipinski definition) is 0. The topological polar surface area (TPSA) is 49.4 Å². The zero-order valence-corrected chi connectivity index (χ0v) is 12.9. The van der Waals surface area contributed by atoms with Crippen LogP contribution in [0.5, 0.6) is 11.5 Å². The van der Waals surface area contributed by atoms with Gasteiger partial charge in [-0.25, -0.2) is 0 Å². The monoisotopic (exact) mass is 308 g/mol. The number of fused-ring (bicyclic) bond motifs is 3. The molecule has 116 valence electrons. The van der Waals surface area contributed by atoms with Crippen molar-refractivity contribution in [2.45, 2.75) is 6.54 Å². The Morgan fingerprint density at radius 1 is 1.00 bits per heavy atom. The smallest absolute Gasteiger partial charge is 0.176 e. The first-order chi connectivity index (χ1) is 11.3. The molecule has 2 aromatic heterocycles. The number of rotatable bonds is 4. The first-order valence-electron chi connectivity index (χ1n) is 7.31. The van der Waals surface area contributed by atoms with Crippen LogP contribution in [0.4, 0.5) is 0 Å². The predicted octanol–water partition coefficient (Wildman–Crippen LogP) is 3.85. The summed E-state index contributed by atoms with van der Waals surface area (Å²) < 4.78 is 18.1. The Balaban J connectivity index is 1.75. The van der Waals surface area contributed by atoms with Crippen molar-refractivity contribution in [3.8, 4) is 11.5 Å². The zero-order valence-electron chi connectivity index (χ0n) is 12.9. The molecule has 4 aromatic rings. The molecule has 0 bridgehead atoms. The number of benzene rings is 2. The van der Waals surface area contributed by atoms with Crippen LogP contribution in [-0.4, -0.2) is 23.9 Å². The highest BCUT2D eigenvalue weighted by Gasteiger charge is 2.08. The van der Waals surface area contributed by atoms with Crippen LogP contribution in [-0.2, 0) is 6.54 Å². The van der Waals surface area contributed by atoms with E-state index in [1.807, 2.05) is 24.3 Å². The van der Waals surface area contributed by atoms with Gasteiger partial charge in [0.1, 0.15) is 11.5 Å². The van der Waals surface area contributed by atoms with Crippen molar-refractivity contribution < 1.29 is 14.0 Å². The molecule has 4 rings (SSSR count). The second kappa shape index (κ2) is 5.35. The quantitative estimate of drug-likeness (QED) is 0.574. The fourth-order valence-corrected chi connectivity index (χ4v) is 2.86. The predicted molar refractivity (Wildman–Crippen MR) is 88.2 cm³/mol. The minimum Gasteiger partial charge on any atom is -0.497 e. The normalized spacial score (nSPS) is 11.2. The van der Waals surface area contributed by atoms with E-state index in [1.165, 1.54) is 0 Å². The van der Waals surface area contributed by atoms with E-state index < -0.39 is 0 Å². The first-order valence-corrected chi connectivity index (χ1v) is 7.31. The van der Waals surface area contributed by atoms with Crippen molar-refractivity contribution in [2.75, 3.05) is 14.2 Å². The Morgan fingerprint density at radius 3 is 2.48 bits per heavy atom. The van der Waals surface area contributed by atoms with Crippen molar-refractivity contribution in [2.24, 2.45) is 0 Å². The Labute approximate surface area is 133 Å². The molecule has 2 aromatic carbocycles. The minimum absolute atomic E-state index is 0.720. The third kappa shape index (κ3) is 2.40. The van der Waals surface area contributed by atoms with Gasteiger partial charge in [-0.2, -0.15) is 0 Å². The second-order valence-corrected chi connectivity index (χ2v) is 5.46. The molecular formula is C18H16N2O3. The van der Waals surface area contributed by atoms with Crippen LogP contribution in [0.3, 0.4) is 0 Å². The maximum absolute atomic E-state index is 5.36. The van der Waals surface area contributed by atoms with E-state index in [9.17, 15) is 0 Å². The summed E-state index contributed by atoms with van der Waals surface area (Å²) in [6.45, 7) is 0.720. The molecule has 0 aliphatic rings.